The second-order valence-corrected chi connectivity index (χ2v) is 4.76. The van der Waals surface area contributed by atoms with E-state index in [1.165, 1.54) is 5.56 Å². The van der Waals surface area contributed by atoms with E-state index in [1.807, 2.05) is 12.1 Å². The number of nitrogens with one attached hydrogen (secondary N) is 1. The van der Waals surface area contributed by atoms with Gasteiger partial charge in [-0.15, -0.1) is 0 Å². The van der Waals surface area contributed by atoms with E-state index in [0.717, 1.165) is 5.69 Å². The molecule has 84 valence electrons. The standard InChI is InChI=1S/C13H20FN/c1-13(2,3)11-7-4-5-8-12(11)15-10-6-9-14/h4-5,7-8,15H,6,9-10H2,1-3H3. The summed E-state index contributed by atoms with van der Waals surface area (Å²) in [4.78, 5) is 0. The molecule has 0 aliphatic heterocycles. The van der Waals surface area contributed by atoms with Gasteiger partial charge in [-0.1, -0.05) is 39.0 Å². The van der Waals surface area contributed by atoms with Crippen molar-refractivity contribution in [3.8, 4) is 0 Å². The Morgan fingerprint density at radius 1 is 1.20 bits per heavy atom. The maximum Gasteiger partial charge on any atom is 0.0911 e. The third-order valence-corrected chi connectivity index (χ3v) is 2.36. The zero-order valence-electron chi connectivity index (χ0n) is 9.81. The van der Waals surface area contributed by atoms with Gasteiger partial charge >= 0.3 is 0 Å². The highest BCUT2D eigenvalue weighted by Gasteiger charge is 2.16. The lowest BCUT2D eigenvalue weighted by molar-refractivity contribution is 0.481. The monoisotopic (exact) mass is 209 g/mol. The number of hydrogen-bond acceptors (Lipinski definition) is 1. The molecule has 0 aromatic heterocycles. The largest absolute Gasteiger partial charge is 0.385 e. The van der Waals surface area contributed by atoms with Crippen LogP contribution in [0.1, 0.15) is 32.8 Å². The summed E-state index contributed by atoms with van der Waals surface area (Å²) in [5.41, 5.74) is 2.53. The van der Waals surface area contributed by atoms with Crippen molar-refractivity contribution in [3.05, 3.63) is 29.8 Å². The molecule has 0 radical (unpaired) electrons. The molecule has 0 atom stereocenters. The van der Waals surface area contributed by atoms with Gasteiger partial charge in [0.1, 0.15) is 0 Å². The van der Waals surface area contributed by atoms with Crippen molar-refractivity contribution < 1.29 is 4.39 Å². The van der Waals surface area contributed by atoms with Crippen molar-refractivity contribution in [1.29, 1.82) is 0 Å². The Bertz CT molecular complexity index is 302. The van der Waals surface area contributed by atoms with Gasteiger partial charge < -0.3 is 5.32 Å². The number of benzene rings is 1. The van der Waals surface area contributed by atoms with Gasteiger partial charge in [-0.3, -0.25) is 4.39 Å². The van der Waals surface area contributed by atoms with Crippen LogP contribution in [0.25, 0.3) is 0 Å². The molecule has 1 N–H and O–H groups in total. The van der Waals surface area contributed by atoms with E-state index in [9.17, 15) is 4.39 Å². The predicted molar refractivity (Wildman–Crippen MR) is 64.2 cm³/mol. The first-order chi connectivity index (χ1) is 7.05. The predicted octanol–water partition coefficient (Wildman–Crippen LogP) is 3.76. The first-order valence-electron chi connectivity index (χ1n) is 5.45. The van der Waals surface area contributed by atoms with E-state index in [0.29, 0.717) is 13.0 Å². The molecule has 0 saturated carbocycles. The second-order valence-electron chi connectivity index (χ2n) is 4.76. The molecule has 1 nitrogen and oxygen atoms in total. The van der Waals surface area contributed by atoms with Crippen LogP contribution in [0.2, 0.25) is 0 Å². The van der Waals surface area contributed by atoms with Gasteiger partial charge in [0.2, 0.25) is 0 Å². The van der Waals surface area contributed by atoms with Crippen LogP contribution in [0.4, 0.5) is 10.1 Å². The second kappa shape index (κ2) is 5.15. The molecule has 0 unspecified atom stereocenters. The highest BCUT2D eigenvalue weighted by Crippen LogP contribution is 2.28. The van der Waals surface area contributed by atoms with E-state index in [1.54, 1.807) is 0 Å². The van der Waals surface area contributed by atoms with Crippen molar-refractivity contribution in [2.75, 3.05) is 18.5 Å². The Labute approximate surface area is 91.7 Å². The maximum atomic E-state index is 12.0. The molecule has 0 amide bonds. The van der Waals surface area contributed by atoms with E-state index >= 15 is 0 Å². The minimum Gasteiger partial charge on any atom is -0.385 e. The fourth-order valence-corrected chi connectivity index (χ4v) is 1.58. The van der Waals surface area contributed by atoms with Gasteiger partial charge in [-0.25, -0.2) is 0 Å². The van der Waals surface area contributed by atoms with Crippen molar-refractivity contribution in [2.24, 2.45) is 0 Å². The van der Waals surface area contributed by atoms with Crippen LogP contribution >= 0.6 is 0 Å². The average molecular weight is 209 g/mol. The molecule has 1 aromatic rings. The van der Waals surface area contributed by atoms with Gasteiger partial charge in [0.15, 0.2) is 0 Å². The number of alkyl halides is 1. The molecule has 2 heteroatoms. The quantitative estimate of drug-likeness (QED) is 0.744. The third-order valence-electron chi connectivity index (χ3n) is 2.36. The number of halogens is 1. The number of para-hydroxylation sites is 1. The number of rotatable bonds is 4. The lowest BCUT2D eigenvalue weighted by atomic mass is 9.86. The van der Waals surface area contributed by atoms with Crippen molar-refractivity contribution in [1.82, 2.24) is 0 Å². The fourth-order valence-electron chi connectivity index (χ4n) is 1.58. The Kier molecular flexibility index (Phi) is 4.13. The average Bonchev–Trinajstić information content (AvgIpc) is 2.17. The fraction of sp³-hybridized carbons (Fsp3) is 0.538. The minimum absolute atomic E-state index is 0.124. The highest BCUT2D eigenvalue weighted by molar-refractivity contribution is 5.54. The lowest BCUT2D eigenvalue weighted by Gasteiger charge is -2.23. The van der Waals surface area contributed by atoms with Crippen LogP contribution in [0.3, 0.4) is 0 Å². The summed E-state index contributed by atoms with van der Waals surface area (Å²) in [6.45, 7) is 6.99. The highest BCUT2D eigenvalue weighted by atomic mass is 19.1. The molecule has 0 aliphatic carbocycles. The van der Waals surface area contributed by atoms with Crippen LogP contribution in [0.15, 0.2) is 24.3 Å². The molecular weight excluding hydrogens is 189 g/mol. The molecule has 0 aliphatic rings. The van der Waals surface area contributed by atoms with Crippen LogP contribution in [0, 0.1) is 0 Å². The SMILES string of the molecule is CC(C)(C)c1ccccc1NCCCF. The number of hydrogen-bond donors (Lipinski definition) is 1. The van der Waals surface area contributed by atoms with Gasteiger partial charge in [-0.2, -0.15) is 0 Å². The van der Waals surface area contributed by atoms with Gasteiger partial charge in [-0.05, 0) is 23.5 Å². The third kappa shape index (κ3) is 3.54. The summed E-state index contributed by atoms with van der Waals surface area (Å²) in [6.07, 6.45) is 0.568. The van der Waals surface area contributed by atoms with Crippen LogP contribution < -0.4 is 5.32 Å². The summed E-state index contributed by atoms with van der Waals surface area (Å²) in [7, 11) is 0. The van der Waals surface area contributed by atoms with Gasteiger partial charge in [0.05, 0.1) is 6.67 Å². The summed E-state index contributed by atoms with van der Waals surface area (Å²) in [6, 6.07) is 8.23. The Morgan fingerprint density at radius 3 is 2.47 bits per heavy atom. The topological polar surface area (TPSA) is 12.0 Å². The molecule has 0 fully saturated rings. The number of anilines is 1. The Hall–Kier alpha value is -1.05. The van der Waals surface area contributed by atoms with E-state index in [-0.39, 0.29) is 12.1 Å². The normalized spacial score (nSPS) is 11.5. The zero-order valence-corrected chi connectivity index (χ0v) is 9.81. The summed E-state index contributed by atoms with van der Waals surface area (Å²) >= 11 is 0. The van der Waals surface area contributed by atoms with Crippen LogP contribution in [-0.4, -0.2) is 13.2 Å². The van der Waals surface area contributed by atoms with Crippen LogP contribution in [0.5, 0.6) is 0 Å². The summed E-state index contributed by atoms with van der Waals surface area (Å²) < 4.78 is 12.0. The zero-order chi connectivity index (χ0) is 11.3. The molecule has 0 spiro atoms. The molecule has 15 heavy (non-hydrogen) atoms. The molecule has 0 bridgehead atoms. The first kappa shape index (κ1) is 12.0. The van der Waals surface area contributed by atoms with Crippen LogP contribution in [-0.2, 0) is 5.41 Å². The summed E-state index contributed by atoms with van der Waals surface area (Å²) in [5.74, 6) is 0. The van der Waals surface area contributed by atoms with Crippen molar-refractivity contribution in [2.45, 2.75) is 32.6 Å². The molecule has 1 rings (SSSR count). The molecule has 1 aromatic carbocycles. The summed E-state index contributed by atoms with van der Waals surface area (Å²) in [5, 5.41) is 3.28. The smallest absolute Gasteiger partial charge is 0.0911 e. The Morgan fingerprint density at radius 2 is 1.87 bits per heavy atom. The van der Waals surface area contributed by atoms with Gasteiger partial charge in [0.25, 0.3) is 0 Å². The van der Waals surface area contributed by atoms with E-state index < -0.39 is 0 Å². The molecule has 0 saturated heterocycles. The lowest BCUT2D eigenvalue weighted by Crippen LogP contribution is -2.15. The molecular formula is C13H20FN. The van der Waals surface area contributed by atoms with E-state index in [4.69, 9.17) is 0 Å². The van der Waals surface area contributed by atoms with Crippen molar-refractivity contribution >= 4 is 5.69 Å². The van der Waals surface area contributed by atoms with Crippen molar-refractivity contribution in [3.63, 3.8) is 0 Å². The van der Waals surface area contributed by atoms with E-state index in [2.05, 4.69) is 38.2 Å². The minimum atomic E-state index is -0.259. The first-order valence-corrected chi connectivity index (χ1v) is 5.45. The van der Waals surface area contributed by atoms with Gasteiger partial charge in [0, 0.05) is 12.2 Å². The molecule has 0 heterocycles. The Balaban J connectivity index is 2.78. The maximum absolute atomic E-state index is 12.0.